The van der Waals surface area contributed by atoms with E-state index in [1.807, 2.05) is 0 Å². The average molecular weight is 283 g/mol. The number of aromatic carboxylic acids is 1. The van der Waals surface area contributed by atoms with E-state index in [2.05, 4.69) is 28.8 Å². The molecule has 5 nitrogen and oxygen atoms in total. The third-order valence-corrected chi connectivity index (χ3v) is 4.47. The van der Waals surface area contributed by atoms with Crippen LogP contribution in [0.2, 0.25) is 0 Å². The molecule has 1 saturated heterocycles. The molecule has 106 valence electrons. The molecule has 0 aliphatic carbocycles. The largest absolute Gasteiger partial charge is 0.476 e. The van der Waals surface area contributed by atoms with Gasteiger partial charge in [0.1, 0.15) is 0 Å². The Kier molecular flexibility index (Phi) is 4.90. The quantitative estimate of drug-likeness (QED) is 0.888. The maximum Gasteiger partial charge on any atom is 0.355 e. The van der Waals surface area contributed by atoms with E-state index < -0.39 is 5.97 Å². The minimum Gasteiger partial charge on any atom is -0.476 e. The van der Waals surface area contributed by atoms with Gasteiger partial charge in [-0.1, -0.05) is 6.92 Å². The molecule has 1 aromatic rings. The van der Waals surface area contributed by atoms with Gasteiger partial charge in [0, 0.05) is 32.7 Å². The van der Waals surface area contributed by atoms with Gasteiger partial charge in [-0.15, -0.1) is 11.3 Å². The first-order valence-corrected chi connectivity index (χ1v) is 7.54. The van der Waals surface area contributed by atoms with Gasteiger partial charge in [0.2, 0.25) is 0 Å². The first-order valence-electron chi connectivity index (χ1n) is 6.73. The van der Waals surface area contributed by atoms with Crippen molar-refractivity contribution in [2.45, 2.75) is 26.3 Å². The molecule has 1 fully saturated rings. The van der Waals surface area contributed by atoms with Crippen molar-refractivity contribution < 1.29 is 9.90 Å². The summed E-state index contributed by atoms with van der Waals surface area (Å²) in [6.45, 7) is 6.89. The molecule has 19 heavy (non-hydrogen) atoms. The smallest absolute Gasteiger partial charge is 0.355 e. The SMILES string of the molecule is CCCc1nc(C(=O)O)c(CN2CCN(C)CC2)s1. The normalized spacial score (nSPS) is 17.8. The molecular weight excluding hydrogens is 262 g/mol. The predicted octanol–water partition coefficient (Wildman–Crippen LogP) is 1.54. The maximum absolute atomic E-state index is 11.3. The van der Waals surface area contributed by atoms with E-state index in [1.165, 1.54) is 0 Å². The summed E-state index contributed by atoms with van der Waals surface area (Å²) in [4.78, 5) is 21.0. The molecule has 0 radical (unpaired) electrons. The van der Waals surface area contributed by atoms with Crippen LogP contribution in [0.15, 0.2) is 0 Å². The van der Waals surface area contributed by atoms with E-state index in [0.29, 0.717) is 0 Å². The van der Waals surface area contributed by atoms with Crippen molar-refractivity contribution in [3.8, 4) is 0 Å². The number of hydrogen-bond acceptors (Lipinski definition) is 5. The lowest BCUT2D eigenvalue weighted by Crippen LogP contribution is -2.43. The fourth-order valence-electron chi connectivity index (χ4n) is 2.20. The van der Waals surface area contributed by atoms with Crippen LogP contribution in [0.5, 0.6) is 0 Å². The van der Waals surface area contributed by atoms with Crippen molar-refractivity contribution in [3.63, 3.8) is 0 Å². The summed E-state index contributed by atoms with van der Waals surface area (Å²) in [7, 11) is 2.12. The fourth-order valence-corrected chi connectivity index (χ4v) is 3.41. The number of nitrogens with zero attached hydrogens (tertiary/aromatic N) is 3. The molecule has 2 rings (SSSR count). The predicted molar refractivity (Wildman–Crippen MR) is 75.8 cm³/mol. The highest BCUT2D eigenvalue weighted by Gasteiger charge is 2.21. The highest BCUT2D eigenvalue weighted by molar-refractivity contribution is 7.11. The summed E-state index contributed by atoms with van der Waals surface area (Å²) < 4.78 is 0. The standard InChI is InChI=1S/C13H21N3O2S/c1-3-4-11-14-12(13(17)18)10(19-11)9-16-7-5-15(2)6-8-16/h3-9H2,1-2H3,(H,17,18). The molecule has 0 aromatic carbocycles. The number of carboxylic acids is 1. The Morgan fingerprint density at radius 3 is 2.63 bits per heavy atom. The van der Waals surface area contributed by atoms with Gasteiger partial charge in [-0.2, -0.15) is 0 Å². The molecule has 1 aromatic heterocycles. The number of rotatable bonds is 5. The van der Waals surface area contributed by atoms with Crippen molar-refractivity contribution >= 4 is 17.3 Å². The van der Waals surface area contributed by atoms with Crippen molar-refractivity contribution in [2.24, 2.45) is 0 Å². The third-order valence-electron chi connectivity index (χ3n) is 3.37. The Morgan fingerprint density at radius 1 is 1.37 bits per heavy atom. The molecule has 1 aliphatic rings. The van der Waals surface area contributed by atoms with Crippen molar-refractivity contribution in [1.82, 2.24) is 14.8 Å². The van der Waals surface area contributed by atoms with E-state index in [-0.39, 0.29) is 5.69 Å². The first-order chi connectivity index (χ1) is 9.10. The lowest BCUT2D eigenvalue weighted by atomic mass is 10.3. The summed E-state index contributed by atoms with van der Waals surface area (Å²) in [6.07, 6.45) is 1.87. The molecule has 0 spiro atoms. The second kappa shape index (κ2) is 6.45. The number of thiazole rings is 1. The Hall–Kier alpha value is -0.980. The minimum atomic E-state index is -0.900. The van der Waals surface area contributed by atoms with Gasteiger partial charge >= 0.3 is 5.97 Å². The van der Waals surface area contributed by atoms with Gasteiger partial charge in [-0.05, 0) is 19.9 Å². The van der Waals surface area contributed by atoms with E-state index >= 15 is 0 Å². The molecule has 6 heteroatoms. The average Bonchev–Trinajstić information content (AvgIpc) is 2.76. The van der Waals surface area contributed by atoms with Crippen molar-refractivity contribution in [3.05, 3.63) is 15.6 Å². The molecule has 0 bridgehead atoms. The first kappa shape index (κ1) is 14.4. The minimum absolute atomic E-state index is 0.257. The van der Waals surface area contributed by atoms with Crippen LogP contribution in [0.4, 0.5) is 0 Å². The number of aryl methyl sites for hydroxylation is 1. The van der Waals surface area contributed by atoms with Crippen LogP contribution in [-0.4, -0.2) is 59.1 Å². The zero-order valence-corrected chi connectivity index (χ0v) is 12.4. The number of carboxylic acid groups (broad SMARTS) is 1. The topological polar surface area (TPSA) is 56.7 Å². The number of piperazine rings is 1. The Labute approximate surface area is 117 Å². The second-order valence-electron chi connectivity index (χ2n) is 5.01. The monoisotopic (exact) mass is 283 g/mol. The summed E-state index contributed by atoms with van der Waals surface area (Å²) in [5.74, 6) is -0.900. The Bertz CT molecular complexity index is 439. The van der Waals surface area contributed by atoms with Gasteiger partial charge in [0.25, 0.3) is 0 Å². The van der Waals surface area contributed by atoms with Gasteiger partial charge in [-0.3, -0.25) is 4.90 Å². The van der Waals surface area contributed by atoms with E-state index in [9.17, 15) is 9.90 Å². The Balaban J connectivity index is 2.07. The van der Waals surface area contributed by atoms with Gasteiger partial charge in [-0.25, -0.2) is 9.78 Å². The van der Waals surface area contributed by atoms with Gasteiger partial charge < -0.3 is 10.0 Å². The van der Waals surface area contributed by atoms with Crippen LogP contribution in [-0.2, 0) is 13.0 Å². The van der Waals surface area contributed by atoms with Crippen LogP contribution in [0.1, 0.15) is 33.7 Å². The van der Waals surface area contributed by atoms with Crippen LogP contribution in [0.25, 0.3) is 0 Å². The van der Waals surface area contributed by atoms with Crippen LogP contribution in [0, 0.1) is 0 Å². The summed E-state index contributed by atoms with van der Waals surface area (Å²) >= 11 is 1.56. The number of carbonyl (C=O) groups is 1. The molecule has 0 atom stereocenters. The van der Waals surface area contributed by atoms with Crippen molar-refractivity contribution in [2.75, 3.05) is 33.2 Å². The van der Waals surface area contributed by atoms with E-state index in [0.717, 1.165) is 55.5 Å². The second-order valence-corrected chi connectivity index (χ2v) is 6.18. The van der Waals surface area contributed by atoms with E-state index in [1.54, 1.807) is 11.3 Å². The Morgan fingerprint density at radius 2 is 2.05 bits per heavy atom. The summed E-state index contributed by atoms with van der Waals surface area (Å²) in [5, 5.41) is 10.2. The molecule has 1 N–H and O–H groups in total. The van der Waals surface area contributed by atoms with Crippen LogP contribution < -0.4 is 0 Å². The highest BCUT2D eigenvalue weighted by Crippen LogP contribution is 2.22. The van der Waals surface area contributed by atoms with E-state index in [4.69, 9.17) is 0 Å². The number of likely N-dealkylation sites (N-methyl/N-ethyl adjacent to an activating group) is 1. The van der Waals surface area contributed by atoms with Gasteiger partial charge in [0.05, 0.1) is 9.88 Å². The zero-order valence-electron chi connectivity index (χ0n) is 11.6. The molecular formula is C13H21N3O2S. The molecule has 0 unspecified atom stereocenters. The zero-order chi connectivity index (χ0) is 13.8. The van der Waals surface area contributed by atoms with Crippen LogP contribution in [0.3, 0.4) is 0 Å². The summed E-state index contributed by atoms with van der Waals surface area (Å²) in [6, 6.07) is 0. The molecule has 1 aliphatic heterocycles. The van der Waals surface area contributed by atoms with Crippen LogP contribution >= 0.6 is 11.3 Å². The summed E-state index contributed by atoms with van der Waals surface area (Å²) in [5.41, 5.74) is 0.257. The fraction of sp³-hybridized carbons (Fsp3) is 0.692. The van der Waals surface area contributed by atoms with Crippen molar-refractivity contribution in [1.29, 1.82) is 0 Å². The maximum atomic E-state index is 11.3. The lowest BCUT2D eigenvalue weighted by Gasteiger charge is -2.31. The van der Waals surface area contributed by atoms with Gasteiger partial charge in [0.15, 0.2) is 5.69 Å². The third kappa shape index (κ3) is 3.75. The molecule has 2 heterocycles. The lowest BCUT2D eigenvalue weighted by molar-refractivity contribution is 0.0687. The molecule has 0 saturated carbocycles. The highest BCUT2D eigenvalue weighted by atomic mass is 32.1. The number of aromatic nitrogens is 1. The molecule has 0 amide bonds. The number of hydrogen-bond donors (Lipinski definition) is 1.